The molecule has 2 aromatic heterocycles. The number of phenolic OH excluding ortho intramolecular Hbond substituents is 1. The second-order valence-corrected chi connectivity index (χ2v) is 6.63. The third-order valence-corrected chi connectivity index (χ3v) is 4.52. The molecule has 2 N–H and O–H groups in total. The summed E-state index contributed by atoms with van der Waals surface area (Å²) in [5.41, 5.74) is 1.81. The number of H-pyrrole nitrogens is 1. The molecule has 0 radical (unpaired) electrons. The molecule has 1 fully saturated rings. The lowest BCUT2D eigenvalue weighted by Crippen LogP contribution is -2.39. The van der Waals surface area contributed by atoms with E-state index in [2.05, 4.69) is 33.7 Å². The van der Waals surface area contributed by atoms with Gasteiger partial charge in [-0.15, -0.1) is 0 Å². The van der Waals surface area contributed by atoms with E-state index in [1.807, 2.05) is 6.07 Å². The second kappa shape index (κ2) is 4.87. The Morgan fingerprint density at radius 3 is 2.73 bits per heavy atom. The molecule has 1 aromatic carbocycles. The Bertz CT molecular complexity index is 831. The molecule has 22 heavy (non-hydrogen) atoms. The van der Waals surface area contributed by atoms with Gasteiger partial charge >= 0.3 is 0 Å². The summed E-state index contributed by atoms with van der Waals surface area (Å²) in [5.74, 6) is 2.56. The molecule has 3 heterocycles. The van der Waals surface area contributed by atoms with Gasteiger partial charge in [-0.2, -0.15) is 0 Å². The predicted molar refractivity (Wildman–Crippen MR) is 88.2 cm³/mol. The van der Waals surface area contributed by atoms with Crippen LogP contribution in [0.5, 0.6) is 5.75 Å². The summed E-state index contributed by atoms with van der Waals surface area (Å²) in [6, 6.07) is 5.37. The molecule has 1 saturated heterocycles. The van der Waals surface area contributed by atoms with Crippen LogP contribution < -0.4 is 4.90 Å². The summed E-state index contributed by atoms with van der Waals surface area (Å²) in [4.78, 5) is 14.6. The Balaban J connectivity index is 1.93. The van der Waals surface area contributed by atoms with Crippen molar-refractivity contribution in [1.82, 2.24) is 15.0 Å². The van der Waals surface area contributed by atoms with Crippen LogP contribution in [0.2, 0.25) is 0 Å². The predicted octanol–water partition coefficient (Wildman–Crippen LogP) is 3.30. The zero-order valence-electron chi connectivity index (χ0n) is 12.9. The number of aromatic amines is 1. The Kier molecular flexibility index (Phi) is 2.96. The van der Waals surface area contributed by atoms with E-state index in [0.717, 1.165) is 40.8 Å². The van der Waals surface area contributed by atoms with E-state index in [4.69, 9.17) is 0 Å². The maximum Gasteiger partial charge on any atom is 0.143 e. The van der Waals surface area contributed by atoms with Crippen LogP contribution in [0.3, 0.4) is 0 Å². The smallest absolute Gasteiger partial charge is 0.143 e. The van der Waals surface area contributed by atoms with Crippen molar-refractivity contribution < 1.29 is 5.11 Å². The number of hydrogen-bond donors (Lipinski definition) is 2. The first-order valence-corrected chi connectivity index (χ1v) is 7.82. The van der Waals surface area contributed by atoms with Crippen molar-refractivity contribution in [3.8, 4) is 5.75 Å². The second-order valence-electron chi connectivity index (χ2n) is 6.63. The first-order chi connectivity index (χ1) is 10.6. The molecule has 2 atom stereocenters. The molecule has 5 heteroatoms. The molecule has 0 saturated carbocycles. The van der Waals surface area contributed by atoms with Gasteiger partial charge in [0, 0.05) is 24.0 Å². The van der Waals surface area contributed by atoms with Gasteiger partial charge in [0.2, 0.25) is 0 Å². The van der Waals surface area contributed by atoms with Crippen molar-refractivity contribution in [3.63, 3.8) is 0 Å². The van der Waals surface area contributed by atoms with Crippen LogP contribution in [0.1, 0.15) is 20.3 Å². The number of aromatic nitrogens is 3. The van der Waals surface area contributed by atoms with Gasteiger partial charge in [0.25, 0.3) is 0 Å². The molecule has 1 aliphatic heterocycles. The van der Waals surface area contributed by atoms with Gasteiger partial charge in [0.1, 0.15) is 23.5 Å². The third-order valence-electron chi connectivity index (χ3n) is 4.52. The molecule has 0 amide bonds. The van der Waals surface area contributed by atoms with Gasteiger partial charge in [-0.25, -0.2) is 9.97 Å². The summed E-state index contributed by atoms with van der Waals surface area (Å²) >= 11 is 0. The fourth-order valence-electron chi connectivity index (χ4n) is 3.77. The zero-order valence-corrected chi connectivity index (χ0v) is 12.9. The van der Waals surface area contributed by atoms with E-state index in [-0.39, 0.29) is 5.75 Å². The molecule has 1 aliphatic rings. The van der Waals surface area contributed by atoms with E-state index in [1.54, 1.807) is 18.5 Å². The minimum Gasteiger partial charge on any atom is -0.508 e. The van der Waals surface area contributed by atoms with Gasteiger partial charge in [-0.05, 0) is 36.5 Å². The van der Waals surface area contributed by atoms with E-state index >= 15 is 0 Å². The van der Waals surface area contributed by atoms with Crippen molar-refractivity contribution in [2.45, 2.75) is 20.3 Å². The average Bonchev–Trinajstić information content (AvgIpc) is 2.84. The molecule has 0 spiro atoms. The van der Waals surface area contributed by atoms with Crippen LogP contribution in [0.4, 0.5) is 5.82 Å². The lowest BCUT2D eigenvalue weighted by atomic mass is 9.92. The lowest BCUT2D eigenvalue weighted by Gasteiger charge is -2.36. The van der Waals surface area contributed by atoms with Crippen molar-refractivity contribution >= 4 is 27.8 Å². The molecule has 114 valence electrons. The number of rotatable bonds is 1. The Labute approximate surface area is 129 Å². The van der Waals surface area contributed by atoms with Crippen LogP contribution in [0, 0.1) is 11.8 Å². The van der Waals surface area contributed by atoms with Crippen LogP contribution in [0.15, 0.2) is 24.5 Å². The molecule has 0 bridgehead atoms. The summed E-state index contributed by atoms with van der Waals surface area (Å²) < 4.78 is 0. The van der Waals surface area contributed by atoms with E-state index in [1.165, 1.54) is 6.42 Å². The average molecular weight is 296 g/mol. The molecule has 3 aromatic rings. The first-order valence-electron chi connectivity index (χ1n) is 7.82. The molecular weight excluding hydrogens is 276 g/mol. The Hall–Kier alpha value is -2.30. The van der Waals surface area contributed by atoms with E-state index < -0.39 is 0 Å². The summed E-state index contributed by atoms with van der Waals surface area (Å²) in [5, 5.41) is 11.8. The van der Waals surface area contributed by atoms with Crippen LogP contribution in [-0.2, 0) is 0 Å². The monoisotopic (exact) mass is 296 g/mol. The Morgan fingerprint density at radius 1 is 1.18 bits per heavy atom. The van der Waals surface area contributed by atoms with Gasteiger partial charge in [0.05, 0.1) is 5.39 Å². The minimum absolute atomic E-state index is 0.267. The van der Waals surface area contributed by atoms with Crippen LogP contribution in [0.25, 0.3) is 21.9 Å². The highest BCUT2D eigenvalue weighted by atomic mass is 16.3. The number of hydrogen-bond acceptors (Lipinski definition) is 4. The molecular formula is C17H20N4O. The van der Waals surface area contributed by atoms with Crippen molar-refractivity contribution in [1.29, 1.82) is 0 Å². The molecule has 4 rings (SSSR count). The van der Waals surface area contributed by atoms with Crippen molar-refractivity contribution in [2.24, 2.45) is 11.8 Å². The fourth-order valence-corrected chi connectivity index (χ4v) is 3.77. The number of nitrogens with one attached hydrogen (secondary N) is 1. The van der Waals surface area contributed by atoms with Crippen molar-refractivity contribution in [3.05, 3.63) is 24.5 Å². The standard InChI is InChI=1S/C17H20N4O/c1-10-5-11(2)8-21(7-10)17-15-13-6-12(22)3-4-14(13)20-16(15)18-9-19-17/h3-4,6,9-11,22H,5,7-8H2,1-2H3,(H,18,19,20). The maximum absolute atomic E-state index is 9.83. The molecule has 2 unspecified atom stereocenters. The summed E-state index contributed by atoms with van der Waals surface area (Å²) in [6.45, 7) is 6.62. The summed E-state index contributed by atoms with van der Waals surface area (Å²) in [6.07, 6.45) is 2.89. The number of fused-ring (bicyclic) bond motifs is 3. The molecule has 0 aliphatic carbocycles. The van der Waals surface area contributed by atoms with E-state index in [0.29, 0.717) is 11.8 Å². The zero-order chi connectivity index (χ0) is 15.3. The quantitative estimate of drug-likeness (QED) is 0.723. The van der Waals surface area contributed by atoms with E-state index in [9.17, 15) is 5.11 Å². The summed E-state index contributed by atoms with van der Waals surface area (Å²) in [7, 11) is 0. The van der Waals surface area contributed by atoms with Crippen molar-refractivity contribution in [2.75, 3.05) is 18.0 Å². The highest BCUT2D eigenvalue weighted by Gasteiger charge is 2.25. The molecule has 5 nitrogen and oxygen atoms in total. The van der Waals surface area contributed by atoms with Gasteiger partial charge in [-0.1, -0.05) is 13.8 Å². The van der Waals surface area contributed by atoms with Gasteiger partial charge in [-0.3, -0.25) is 0 Å². The third kappa shape index (κ3) is 2.08. The largest absolute Gasteiger partial charge is 0.508 e. The number of nitrogens with zero attached hydrogens (tertiary/aromatic N) is 3. The normalized spacial score (nSPS) is 22.5. The number of aromatic hydroxyl groups is 1. The fraction of sp³-hybridized carbons (Fsp3) is 0.412. The van der Waals surface area contributed by atoms with Gasteiger partial charge < -0.3 is 15.0 Å². The van der Waals surface area contributed by atoms with Gasteiger partial charge in [0.15, 0.2) is 0 Å². The highest BCUT2D eigenvalue weighted by molar-refractivity contribution is 6.11. The van der Waals surface area contributed by atoms with Crippen LogP contribution >= 0.6 is 0 Å². The number of anilines is 1. The topological polar surface area (TPSA) is 65.0 Å². The lowest BCUT2D eigenvalue weighted by molar-refractivity contribution is 0.356. The Morgan fingerprint density at radius 2 is 1.95 bits per heavy atom. The number of benzene rings is 1. The highest BCUT2D eigenvalue weighted by Crippen LogP contribution is 2.35. The number of phenols is 1. The van der Waals surface area contributed by atoms with Crippen LogP contribution in [-0.4, -0.2) is 33.1 Å². The SMILES string of the molecule is CC1CC(C)CN(c2ncnc3[nH]c4ccc(O)cc4c23)C1. The number of piperidine rings is 1. The maximum atomic E-state index is 9.83. The minimum atomic E-state index is 0.267. The first kappa shape index (κ1) is 13.4.